The van der Waals surface area contributed by atoms with Crippen molar-refractivity contribution in [1.82, 2.24) is 0 Å². The molecule has 3 aromatic carbocycles. The van der Waals surface area contributed by atoms with E-state index in [2.05, 4.69) is 6.07 Å². The quantitative estimate of drug-likeness (QED) is 0.618. The van der Waals surface area contributed by atoms with Gasteiger partial charge in [0, 0.05) is 20.9 Å². The average Bonchev–Trinajstić information content (AvgIpc) is 2.58. The molecule has 0 bridgehead atoms. The van der Waals surface area contributed by atoms with Crippen LogP contribution in [0.2, 0.25) is 0 Å². The van der Waals surface area contributed by atoms with Crippen molar-refractivity contribution in [3.05, 3.63) is 95.6 Å². The molecule has 0 saturated carbocycles. The number of ketones is 1. The fourth-order valence-electron chi connectivity index (χ4n) is 2.23. The van der Waals surface area contributed by atoms with Gasteiger partial charge in [-0.2, -0.15) is 0 Å². The van der Waals surface area contributed by atoms with Crippen LogP contribution in [0.5, 0.6) is 0 Å². The third-order valence-electron chi connectivity index (χ3n) is 3.39. The number of aryl methyl sites for hydroxylation is 1. The molecule has 0 aromatic heterocycles. The van der Waals surface area contributed by atoms with Crippen LogP contribution in [0.1, 0.15) is 21.5 Å². The maximum atomic E-state index is 12.5. The van der Waals surface area contributed by atoms with Crippen molar-refractivity contribution >= 4 is 17.5 Å². The highest BCUT2D eigenvalue weighted by molar-refractivity contribution is 7.99. The average molecular weight is 303 g/mol. The second-order valence-corrected chi connectivity index (χ2v) is 6.13. The zero-order chi connectivity index (χ0) is 15.4. The van der Waals surface area contributed by atoms with Gasteiger partial charge in [-0.3, -0.25) is 4.79 Å². The van der Waals surface area contributed by atoms with E-state index in [1.165, 1.54) is 4.90 Å². The number of carbonyl (C=O) groups is 1. The first-order valence-corrected chi connectivity index (χ1v) is 7.90. The van der Waals surface area contributed by atoms with Crippen molar-refractivity contribution in [2.45, 2.75) is 16.7 Å². The van der Waals surface area contributed by atoms with Crippen molar-refractivity contribution in [2.75, 3.05) is 0 Å². The van der Waals surface area contributed by atoms with Crippen molar-refractivity contribution < 1.29 is 4.79 Å². The lowest BCUT2D eigenvalue weighted by molar-refractivity contribution is 0.103. The number of carbonyl (C=O) groups excluding carboxylic acids is 1. The third-order valence-corrected chi connectivity index (χ3v) is 4.57. The molecule has 1 radical (unpaired) electrons. The summed E-state index contributed by atoms with van der Waals surface area (Å²) < 4.78 is 0. The van der Waals surface area contributed by atoms with Gasteiger partial charge in [-0.25, -0.2) is 0 Å². The number of benzene rings is 3. The molecule has 0 N–H and O–H groups in total. The molecule has 107 valence electrons. The van der Waals surface area contributed by atoms with Crippen molar-refractivity contribution in [3.63, 3.8) is 0 Å². The van der Waals surface area contributed by atoms with E-state index in [9.17, 15) is 4.79 Å². The highest BCUT2D eigenvalue weighted by atomic mass is 32.2. The van der Waals surface area contributed by atoms with E-state index in [1.54, 1.807) is 11.8 Å². The van der Waals surface area contributed by atoms with Crippen LogP contribution in [-0.4, -0.2) is 5.78 Å². The van der Waals surface area contributed by atoms with Crippen molar-refractivity contribution in [1.29, 1.82) is 0 Å². The molecule has 0 aliphatic rings. The van der Waals surface area contributed by atoms with Gasteiger partial charge in [0.25, 0.3) is 0 Å². The Morgan fingerprint density at radius 3 is 2.32 bits per heavy atom. The molecule has 0 atom stereocenters. The standard InChI is InChI=1S/C20H15OS/c1-15-14-17(20(21)16-8-4-2-5-9-16)12-13-19(15)22-18-10-6-3-7-11-18/h2,4-14H,1H3. The van der Waals surface area contributed by atoms with Gasteiger partial charge in [0.15, 0.2) is 5.78 Å². The van der Waals surface area contributed by atoms with Crippen LogP contribution in [0.25, 0.3) is 0 Å². The minimum atomic E-state index is 0.0644. The van der Waals surface area contributed by atoms with Gasteiger partial charge in [0.2, 0.25) is 0 Å². The van der Waals surface area contributed by atoms with Crippen molar-refractivity contribution in [2.24, 2.45) is 0 Å². The molecule has 3 aromatic rings. The first-order valence-electron chi connectivity index (χ1n) is 7.08. The van der Waals surface area contributed by atoms with E-state index in [-0.39, 0.29) is 5.78 Å². The van der Waals surface area contributed by atoms with Gasteiger partial charge >= 0.3 is 0 Å². The topological polar surface area (TPSA) is 17.1 Å². The first kappa shape index (κ1) is 14.6. The zero-order valence-electron chi connectivity index (χ0n) is 12.2. The van der Waals surface area contributed by atoms with Crippen molar-refractivity contribution in [3.8, 4) is 0 Å². The molecule has 0 aliphatic heterocycles. The van der Waals surface area contributed by atoms with Crippen LogP contribution < -0.4 is 0 Å². The molecule has 0 heterocycles. The highest BCUT2D eigenvalue weighted by Gasteiger charge is 2.10. The molecular weight excluding hydrogens is 288 g/mol. The lowest BCUT2D eigenvalue weighted by Crippen LogP contribution is -2.01. The Kier molecular flexibility index (Phi) is 4.40. The van der Waals surface area contributed by atoms with E-state index in [0.717, 1.165) is 21.6 Å². The fraction of sp³-hybridized carbons (Fsp3) is 0.0500. The van der Waals surface area contributed by atoms with Crippen LogP contribution in [0.4, 0.5) is 0 Å². The SMILES string of the molecule is Cc1cc(C(=O)c2ccccc2)ccc1Sc1cc[c]cc1. The maximum Gasteiger partial charge on any atom is 0.193 e. The molecule has 1 nitrogen and oxygen atoms in total. The highest BCUT2D eigenvalue weighted by Crippen LogP contribution is 2.30. The molecule has 0 saturated heterocycles. The molecule has 0 unspecified atom stereocenters. The molecule has 2 heteroatoms. The number of hydrogen-bond acceptors (Lipinski definition) is 2. The molecule has 0 amide bonds. The van der Waals surface area contributed by atoms with Crippen LogP contribution >= 0.6 is 11.8 Å². The zero-order valence-corrected chi connectivity index (χ0v) is 13.1. The predicted molar refractivity (Wildman–Crippen MR) is 90.5 cm³/mol. The van der Waals surface area contributed by atoms with Crippen LogP contribution in [-0.2, 0) is 0 Å². The molecule has 0 fully saturated rings. The van der Waals surface area contributed by atoms with E-state index < -0.39 is 0 Å². The smallest absolute Gasteiger partial charge is 0.193 e. The summed E-state index contributed by atoms with van der Waals surface area (Å²) in [7, 11) is 0. The Hall–Kier alpha value is -2.32. The summed E-state index contributed by atoms with van der Waals surface area (Å²) in [5.41, 5.74) is 2.56. The van der Waals surface area contributed by atoms with Gasteiger partial charge in [-0.05, 0) is 48.9 Å². The largest absolute Gasteiger partial charge is 0.289 e. The minimum Gasteiger partial charge on any atom is -0.289 e. The lowest BCUT2D eigenvalue weighted by Gasteiger charge is -2.08. The molecule has 0 aliphatic carbocycles. The van der Waals surface area contributed by atoms with Crippen LogP contribution in [0, 0.1) is 13.0 Å². The third kappa shape index (κ3) is 3.29. The lowest BCUT2D eigenvalue weighted by atomic mass is 10.0. The fourth-order valence-corrected chi connectivity index (χ4v) is 3.11. The summed E-state index contributed by atoms with van der Waals surface area (Å²) in [6.45, 7) is 2.04. The van der Waals surface area contributed by atoms with Gasteiger partial charge in [-0.1, -0.05) is 54.2 Å². The second-order valence-electron chi connectivity index (χ2n) is 5.01. The van der Waals surface area contributed by atoms with Crippen LogP contribution in [0.3, 0.4) is 0 Å². The van der Waals surface area contributed by atoms with Gasteiger partial charge in [-0.15, -0.1) is 0 Å². The summed E-state index contributed by atoms with van der Waals surface area (Å²) >= 11 is 1.70. The Morgan fingerprint density at radius 1 is 0.909 bits per heavy atom. The monoisotopic (exact) mass is 303 g/mol. The Labute approximate surface area is 135 Å². The van der Waals surface area contributed by atoms with E-state index in [4.69, 9.17) is 0 Å². The summed E-state index contributed by atoms with van der Waals surface area (Å²) in [4.78, 5) is 14.8. The Balaban J connectivity index is 1.85. The summed E-state index contributed by atoms with van der Waals surface area (Å²) in [5.74, 6) is 0.0644. The van der Waals surface area contributed by atoms with E-state index in [1.807, 2.05) is 79.7 Å². The normalized spacial score (nSPS) is 10.4. The molecule has 0 spiro atoms. The maximum absolute atomic E-state index is 12.5. The first-order chi connectivity index (χ1) is 10.7. The van der Waals surface area contributed by atoms with Crippen LogP contribution in [0.15, 0.2) is 82.6 Å². The summed E-state index contributed by atoms with van der Waals surface area (Å²) in [6, 6.07) is 26.2. The Morgan fingerprint density at radius 2 is 1.64 bits per heavy atom. The summed E-state index contributed by atoms with van der Waals surface area (Å²) in [6.07, 6.45) is 0. The number of rotatable bonds is 4. The summed E-state index contributed by atoms with van der Waals surface area (Å²) in [5, 5.41) is 0. The minimum absolute atomic E-state index is 0.0644. The van der Waals surface area contributed by atoms with E-state index in [0.29, 0.717) is 0 Å². The molecule has 3 rings (SSSR count). The van der Waals surface area contributed by atoms with Gasteiger partial charge in [0.05, 0.1) is 0 Å². The molecule has 22 heavy (non-hydrogen) atoms. The second kappa shape index (κ2) is 6.63. The van der Waals surface area contributed by atoms with Gasteiger partial charge < -0.3 is 0 Å². The Bertz CT molecular complexity index is 779. The number of hydrogen-bond donors (Lipinski definition) is 0. The molecular formula is C20H15OS. The predicted octanol–water partition coefficient (Wildman–Crippen LogP) is 5.18. The van der Waals surface area contributed by atoms with E-state index >= 15 is 0 Å². The van der Waals surface area contributed by atoms with Gasteiger partial charge in [0.1, 0.15) is 0 Å².